The van der Waals surface area contributed by atoms with E-state index in [1.807, 2.05) is 0 Å². The normalized spacial score (nSPS) is 44.1. The minimum Gasteiger partial charge on any atom is -0.380 e. The number of ketones is 1. The van der Waals surface area contributed by atoms with Crippen LogP contribution in [-0.2, 0) is 9.53 Å². The summed E-state index contributed by atoms with van der Waals surface area (Å²) in [4.78, 5) is 11.5. The van der Waals surface area contributed by atoms with Crippen molar-refractivity contribution in [2.45, 2.75) is 18.2 Å². The van der Waals surface area contributed by atoms with Crippen molar-refractivity contribution in [3.05, 3.63) is 0 Å². The number of rotatable bonds is 0. The first-order valence-electron chi connectivity index (χ1n) is 4.04. The molecule has 0 aromatic carbocycles. The van der Waals surface area contributed by atoms with E-state index in [1.54, 1.807) is 0 Å². The van der Waals surface area contributed by atoms with Crippen molar-refractivity contribution in [1.29, 1.82) is 0 Å². The Morgan fingerprint density at radius 2 is 2.18 bits per heavy atom. The highest BCUT2D eigenvalue weighted by molar-refractivity contribution is 6.22. The van der Waals surface area contributed by atoms with Gasteiger partial charge in [-0.15, -0.1) is 11.6 Å². The lowest BCUT2D eigenvalue weighted by atomic mass is 9.79. The molecular weight excluding hydrogens is 164 g/mol. The standard InChI is InChI=1S/C8H11ClO2/c9-7-2-1-5-3-11-4-6(7)8(5)10/h5-7H,1-4H2/t5-,6-,7-/m0/s1. The van der Waals surface area contributed by atoms with Gasteiger partial charge in [-0.3, -0.25) is 4.79 Å². The first-order valence-corrected chi connectivity index (χ1v) is 4.48. The van der Waals surface area contributed by atoms with Gasteiger partial charge in [-0.25, -0.2) is 0 Å². The molecule has 3 atom stereocenters. The van der Waals surface area contributed by atoms with E-state index in [0.29, 0.717) is 19.0 Å². The van der Waals surface area contributed by atoms with E-state index in [9.17, 15) is 4.79 Å². The van der Waals surface area contributed by atoms with Gasteiger partial charge in [0, 0.05) is 11.3 Å². The Kier molecular flexibility index (Phi) is 1.90. The first-order chi connectivity index (χ1) is 5.29. The minimum absolute atomic E-state index is 0.0100. The lowest BCUT2D eigenvalue weighted by Gasteiger charge is -2.35. The largest absolute Gasteiger partial charge is 0.380 e. The van der Waals surface area contributed by atoms with Crippen molar-refractivity contribution in [3.63, 3.8) is 0 Å². The Bertz CT molecular complexity index is 181. The summed E-state index contributed by atoms with van der Waals surface area (Å²) in [6.45, 7) is 1.17. The SMILES string of the molecule is O=C1[C@H]2CC[C@H](Cl)[C@@H]1COC2. The molecule has 2 fully saturated rings. The van der Waals surface area contributed by atoms with Crippen molar-refractivity contribution in [2.24, 2.45) is 11.8 Å². The van der Waals surface area contributed by atoms with Crippen LogP contribution in [0.2, 0.25) is 0 Å². The van der Waals surface area contributed by atoms with E-state index in [0.717, 1.165) is 12.8 Å². The highest BCUT2D eigenvalue weighted by Crippen LogP contribution is 2.33. The summed E-state index contributed by atoms with van der Waals surface area (Å²) in [5.41, 5.74) is 0. The second kappa shape index (κ2) is 2.76. The Balaban J connectivity index is 2.16. The predicted octanol–water partition coefficient (Wildman–Crippen LogP) is 1.22. The Hall–Kier alpha value is -0.0800. The molecule has 1 saturated heterocycles. The molecule has 0 unspecified atom stereocenters. The van der Waals surface area contributed by atoms with Gasteiger partial charge in [0.25, 0.3) is 0 Å². The number of carbonyl (C=O) groups is 1. The van der Waals surface area contributed by atoms with Gasteiger partial charge >= 0.3 is 0 Å². The molecule has 0 aromatic heterocycles. The fraction of sp³-hybridized carbons (Fsp3) is 0.875. The second-order valence-corrected chi connectivity index (χ2v) is 3.90. The van der Waals surface area contributed by atoms with Crippen LogP contribution in [0.25, 0.3) is 0 Å². The first kappa shape index (κ1) is 7.56. The molecule has 0 N–H and O–H groups in total. The van der Waals surface area contributed by atoms with E-state index >= 15 is 0 Å². The van der Waals surface area contributed by atoms with Gasteiger partial charge in [0.05, 0.1) is 19.1 Å². The molecule has 1 aliphatic heterocycles. The smallest absolute Gasteiger partial charge is 0.145 e. The maximum absolute atomic E-state index is 11.5. The van der Waals surface area contributed by atoms with Crippen molar-refractivity contribution in [3.8, 4) is 0 Å². The van der Waals surface area contributed by atoms with Gasteiger partial charge in [0.15, 0.2) is 0 Å². The van der Waals surface area contributed by atoms with Crippen LogP contribution < -0.4 is 0 Å². The number of fused-ring (bicyclic) bond motifs is 2. The molecule has 0 radical (unpaired) electrons. The molecule has 0 aromatic rings. The number of halogens is 1. The third-order valence-electron chi connectivity index (χ3n) is 2.61. The van der Waals surface area contributed by atoms with Gasteiger partial charge in [-0.2, -0.15) is 0 Å². The van der Waals surface area contributed by atoms with Crippen molar-refractivity contribution in [1.82, 2.24) is 0 Å². The monoisotopic (exact) mass is 174 g/mol. The molecule has 1 aliphatic carbocycles. The van der Waals surface area contributed by atoms with E-state index in [1.165, 1.54) is 0 Å². The summed E-state index contributed by atoms with van der Waals surface area (Å²) in [7, 11) is 0. The molecule has 2 bridgehead atoms. The van der Waals surface area contributed by atoms with Crippen molar-refractivity contribution in [2.75, 3.05) is 13.2 Å². The van der Waals surface area contributed by atoms with E-state index in [2.05, 4.69) is 0 Å². The average Bonchev–Trinajstić information content (AvgIpc) is 1.98. The van der Waals surface area contributed by atoms with Gasteiger partial charge in [0.2, 0.25) is 0 Å². The zero-order valence-corrected chi connectivity index (χ0v) is 7.01. The van der Waals surface area contributed by atoms with Crippen LogP contribution in [0.15, 0.2) is 0 Å². The van der Waals surface area contributed by atoms with Crippen molar-refractivity contribution >= 4 is 17.4 Å². The number of hydrogen-bond acceptors (Lipinski definition) is 2. The summed E-state index contributed by atoms with van der Waals surface area (Å²) in [6, 6.07) is 0. The maximum atomic E-state index is 11.5. The molecule has 0 amide bonds. The van der Waals surface area contributed by atoms with Crippen LogP contribution in [0.1, 0.15) is 12.8 Å². The summed E-state index contributed by atoms with van der Waals surface area (Å²) in [6.07, 6.45) is 1.90. The summed E-state index contributed by atoms with van der Waals surface area (Å²) in [5.74, 6) is 0.482. The van der Waals surface area contributed by atoms with Crippen LogP contribution >= 0.6 is 11.6 Å². The van der Waals surface area contributed by atoms with Crippen molar-refractivity contribution < 1.29 is 9.53 Å². The maximum Gasteiger partial charge on any atom is 0.145 e. The highest BCUT2D eigenvalue weighted by atomic mass is 35.5. The Labute approximate surface area is 70.9 Å². The van der Waals surface area contributed by atoms with Gasteiger partial charge in [-0.05, 0) is 12.8 Å². The van der Waals surface area contributed by atoms with Gasteiger partial charge in [0.1, 0.15) is 5.78 Å². The summed E-state index contributed by atoms with van der Waals surface area (Å²) >= 11 is 5.98. The Morgan fingerprint density at radius 1 is 1.36 bits per heavy atom. The van der Waals surface area contributed by atoms with E-state index in [4.69, 9.17) is 16.3 Å². The molecule has 62 valence electrons. The predicted molar refractivity (Wildman–Crippen MR) is 41.7 cm³/mol. The number of ether oxygens (including phenoxy) is 1. The molecule has 2 nitrogen and oxygen atoms in total. The second-order valence-electron chi connectivity index (χ2n) is 3.34. The minimum atomic E-state index is -0.0100. The van der Waals surface area contributed by atoms with Crippen LogP contribution in [0.3, 0.4) is 0 Å². The third-order valence-corrected chi connectivity index (χ3v) is 3.13. The quantitative estimate of drug-likeness (QED) is 0.517. The zero-order chi connectivity index (χ0) is 7.84. The highest BCUT2D eigenvalue weighted by Gasteiger charge is 2.40. The fourth-order valence-electron chi connectivity index (χ4n) is 1.87. The Morgan fingerprint density at radius 3 is 2.91 bits per heavy atom. The molecule has 3 heteroatoms. The van der Waals surface area contributed by atoms with E-state index in [-0.39, 0.29) is 17.2 Å². The molecule has 1 heterocycles. The van der Waals surface area contributed by atoms with Gasteiger partial charge in [-0.1, -0.05) is 0 Å². The lowest BCUT2D eigenvalue weighted by molar-refractivity contribution is -0.140. The number of hydrogen-bond donors (Lipinski definition) is 0. The molecule has 0 spiro atoms. The molecule has 2 rings (SSSR count). The molecule has 2 aliphatic rings. The fourth-order valence-corrected chi connectivity index (χ4v) is 2.20. The number of alkyl halides is 1. The number of carbonyl (C=O) groups excluding carboxylic acids is 1. The van der Waals surface area contributed by atoms with E-state index < -0.39 is 0 Å². The summed E-state index contributed by atoms with van der Waals surface area (Å²) in [5, 5.41) is 0.0269. The topological polar surface area (TPSA) is 26.3 Å². The van der Waals surface area contributed by atoms with Crippen LogP contribution in [0.4, 0.5) is 0 Å². The third kappa shape index (κ3) is 1.18. The zero-order valence-electron chi connectivity index (χ0n) is 6.25. The van der Waals surface area contributed by atoms with Gasteiger partial charge < -0.3 is 4.74 Å². The summed E-state index contributed by atoms with van der Waals surface area (Å²) < 4.78 is 5.27. The lowest BCUT2D eigenvalue weighted by Crippen LogP contribution is -2.44. The molecule has 11 heavy (non-hydrogen) atoms. The molecule has 1 saturated carbocycles. The van der Waals surface area contributed by atoms with Crippen LogP contribution in [0, 0.1) is 11.8 Å². The molecular formula is C8H11ClO2. The number of Topliss-reactive ketones (excluding diaryl/α,β-unsaturated/α-hetero) is 1. The average molecular weight is 175 g/mol. The van der Waals surface area contributed by atoms with Crippen LogP contribution in [-0.4, -0.2) is 24.4 Å². The van der Waals surface area contributed by atoms with Crippen LogP contribution in [0.5, 0.6) is 0 Å².